The highest BCUT2D eigenvalue weighted by molar-refractivity contribution is 5.74. The molecule has 1 aromatic heterocycles. The molecule has 27 heavy (non-hydrogen) atoms. The molecule has 1 saturated heterocycles. The number of carboxylic acid groups (broad SMARTS) is 1. The van der Waals surface area contributed by atoms with Gasteiger partial charge < -0.3 is 9.84 Å². The van der Waals surface area contributed by atoms with Crippen LogP contribution in [0.3, 0.4) is 0 Å². The molecule has 3 atom stereocenters. The Hall–Kier alpha value is -2.40. The largest absolute Gasteiger partial charge is 0.487 e. The second kappa shape index (κ2) is 8.09. The monoisotopic (exact) mass is 366 g/mol. The molecule has 142 valence electrons. The van der Waals surface area contributed by atoms with Gasteiger partial charge in [-0.3, -0.25) is 14.7 Å². The molecule has 2 fully saturated rings. The molecule has 1 aliphatic heterocycles. The molecule has 1 aliphatic carbocycles. The van der Waals surface area contributed by atoms with Crippen molar-refractivity contribution in [3.63, 3.8) is 0 Å². The van der Waals surface area contributed by atoms with E-state index in [0.29, 0.717) is 25.1 Å². The summed E-state index contributed by atoms with van der Waals surface area (Å²) in [6.07, 6.45) is 7.30. The van der Waals surface area contributed by atoms with Gasteiger partial charge in [0.05, 0.1) is 5.69 Å². The number of likely N-dealkylation sites (tertiary alicyclic amines) is 1. The fourth-order valence-corrected chi connectivity index (χ4v) is 4.57. The molecule has 1 aromatic carbocycles. The first kappa shape index (κ1) is 18.0. The Kier molecular flexibility index (Phi) is 5.39. The maximum absolute atomic E-state index is 11.8. The molecule has 0 radical (unpaired) electrons. The summed E-state index contributed by atoms with van der Waals surface area (Å²) >= 11 is 0. The number of aromatic nitrogens is 1. The first-order valence-electron chi connectivity index (χ1n) is 9.81. The molecule has 5 nitrogen and oxygen atoms in total. The normalized spacial score (nSPS) is 25.1. The van der Waals surface area contributed by atoms with E-state index in [1.807, 2.05) is 42.5 Å². The molecular formula is C22H26N2O3. The average molecular weight is 366 g/mol. The lowest BCUT2D eigenvalue weighted by Crippen LogP contribution is -2.41. The maximum atomic E-state index is 11.8. The van der Waals surface area contributed by atoms with Gasteiger partial charge in [0.2, 0.25) is 0 Å². The van der Waals surface area contributed by atoms with Gasteiger partial charge in [-0.05, 0) is 55.0 Å². The highest BCUT2D eigenvalue weighted by Gasteiger charge is 2.44. The van der Waals surface area contributed by atoms with E-state index in [0.717, 1.165) is 29.8 Å². The minimum atomic E-state index is -0.681. The third kappa shape index (κ3) is 4.14. The summed E-state index contributed by atoms with van der Waals surface area (Å²) in [6, 6.07) is 13.9. The van der Waals surface area contributed by atoms with Crippen LogP contribution < -0.4 is 4.74 Å². The van der Waals surface area contributed by atoms with Crippen LogP contribution in [0, 0.1) is 5.92 Å². The number of hydrogen-bond donors (Lipinski definition) is 1. The number of fused-ring (bicyclic) bond motifs is 1. The summed E-state index contributed by atoms with van der Waals surface area (Å²) in [5.41, 5.74) is 2.03. The SMILES string of the molecule is O=C(O)C1CC2CCCCC2N1Cc1ccc(OCc2ccccn2)cc1. The minimum Gasteiger partial charge on any atom is -0.487 e. The van der Waals surface area contributed by atoms with Crippen molar-refractivity contribution in [3.8, 4) is 5.75 Å². The number of nitrogens with zero attached hydrogens (tertiary/aromatic N) is 2. The fraction of sp³-hybridized carbons (Fsp3) is 0.455. The summed E-state index contributed by atoms with van der Waals surface area (Å²) in [6.45, 7) is 1.13. The van der Waals surface area contributed by atoms with E-state index < -0.39 is 5.97 Å². The van der Waals surface area contributed by atoms with Crippen LogP contribution in [0.5, 0.6) is 5.75 Å². The Balaban J connectivity index is 1.40. The molecule has 4 rings (SSSR count). The van der Waals surface area contributed by atoms with Crippen LogP contribution in [0.4, 0.5) is 0 Å². The lowest BCUT2D eigenvalue weighted by atomic mass is 9.84. The smallest absolute Gasteiger partial charge is 0.320 e. The number of carboxylic acids is 1. The van der Waals surface area contributed by atoms with E-state index >= 15 is 0 Å². The molecule has 2 aromatic rings. The lowest BCUT2D eigenvalue weighted by Gasteiger charge is -2.33. The van der Waals surface area contributed by atoms with Gasteiger partial charge in [0.15, 0.2) is 0 Å². The molecule has 3 unspecified atom stereocenters. The number of aliphatic carboxylic acids is 1. The summed E-state index contributed by atoms with van der Waals surface area (Å²) in [5.74, 6) is 0.664. The van der Waals surface area contributed by atoms with Gasteiger partial charge >= 0.3 is 5.97 Å². The Labute approximate surface area is 160 Å². The van der Waals surface area contributed by atoms with E-state index in [1.54, 1.807) is 6.20 Å². The minimum absolute atomic E-state index is 0.349. The molecule has 0 spiro atoms. The van der Waals surface area contributed by atoms with Gasteiger partial charge in [0.25, 0.3) is 0 Å². The van der Waals surface area contributed by atoms with Gasteiger partial charge in [0.1, 0.15) is 18.4 Å². The number of ether oxygens (including phenoxy) is 1. The zero-order chi connectivity index (χ0) is 18.6. The molecule has 1 N–H and O–H groups in total. The summed E-state index contributed by atoms with van der Waals surface area (Å²) in [7, 11) is 0. The second-order valence-electron chi connectivity index (χ2n) is 7.63. The van der Waals surface area contributed by atoms with Crippen LogP contribution in [-0.4, -0.2) is 33.0 Å². The van der Waals surface area contributed by atoms with Crippen molar-refractivity contribution >= 4 is 5.97 Å². The van der Waals surface area contributed by atoms with Gasteiger partial charge in [-0.25, -0.2) is 0 Å². The Bertz CT molecular complexity index is 763. The molecular weight excluding hydrogens is 340 g/mol. The van der Waals surface area contributed by atoms with E-state index in [4.69, 9.17) is 4.74 Å². The van der Waals surface area contributed by atoms with Crippen molar-refractivity contribution in [1.29, 1.82) is 0 Å². The fourth-order valence-electron chi connectivity index (χ4n) is 4.57. The van der Waals surface area contributed by atoms with Gasteiger partial charge in [-0.1, -0.05) is 31.0 Å². The zero-order valence-corrected chi connectivity index (χ0v) is 15.5. The third-order valence-electron chi connectivity index (χ3n) is 5.91. The first-order valence-corrected chi connectivity index (χ1v) is 9.81. The van der Waals surface area contributed by atoms with Gasteiger partial charge in [-0.2, -0.15) is 0 Å². The highest BCUT2D eigenvalue weighted by Crippen LogP contribution is 2.40. The van der Waals surface area contributed by atoms with Crippen LogP contribution >= 0.6 is 0 Å². The predicted octanol–water partition coefficient (Wildman–Crippen LogP) is 3.88. The first-order chi connectivity index (χ1) is 13.2. The highest BCUT2D eigenvalue weighted by atomic mass is 16.5. The Morgan fingerprint density at radius 1 is 1.15 bits per heavy atom. The standard InChI is InChI=1S/C22H26N2O3/c25-22(26)21-13-17-5-1-2-7-20(17)24(21)14-16-8-10-19(11-9-16)27-15-18-6-3-4-12-23-18/h3-4,6,8-12,17,20-21H,1-2,5,7,13-15H2,(H,25,26). The topological polar surface area (TPSA) is 62.7 Å². The molecule has 5 heteroatoms. The molecule has 0 amide bonds. The third-order valence-corrected chi connectivity index (χ3v) is 5.91. The van der Waals surface area contributed by atoms with Gasteiger partial charge in [0, 0.05) is 18.8 Å². The summed E-state index contributed by atoms with van der Waals surface area (Å²) in [5, 5.41) is 9.66. The zero-order valence-electron chi connectivity index (χ0n) is 15.5. The number of rotatable bonds is 6. The van der Waals surface area contributed by atoms with Crippen molar-refractivity contribution in [2.75, 3.05) is 0 Å². The molecule has 2 heterocycles. The van der Waals surface area contributed by atoms with Crippen LogP contribution in [0.15, 0.2) is 48.7 Å². The number of benzene rings is 1. The van der Waals surface area contributed by atoms with E-state index in [9.17, 15) is 9.90 Å². The average Bonchev–Trinajstić information content (AvgIpc) is 3.07. The molecule has 0 bridgehead atoms. The predicted molar refractivity (Wildman–Crippen MR) is 102 cm³/mol. The quantitative estimate of drug-likeness (QED) is 0.841. The Morgan fingerprint density at radius 2 is 1.96 bits per heavy atom. The van der Waals surface area contributed by atoms with E-state index in [2.05, 4.69) is 9.88 Å². The van der Waals surface area contributed by atoms with Crippen molar-refractivity contribution < 1.29 is 14.6 Å². The lowest BCUT2D eigenvalue weighted by molar-refractivity contribution is -0.142. The second-order valence-corrected chi connectivity index (χ2v) is 7.63. The summed E-state index contributed by atoms with van der Waals surface area (Å²) < 4.78 is 5.79. The van der Waals surface area contributed by atoms with E-state index in [1.165, 1.54) is 19.3 Å². The van der Waals surface area contributed by atoms with Gasteiger partial charge in [-0.15, -0.1) is 0 Å². The molecule has 1 saturated carbocycles. The Morgan fingerprint density at radius 3 is 2.70 bits per heavy atom. The summed E-state index contributed by atoms with van der Waals surface area (Å²) in [4.78, 5) is 18.2. The maximum Gasteiger partial charge on any atom is 0.320 e. The molecule has 2 aliphatic rings. The number of pyridine rings is 1. The van der Waals surface area contributed by atoms with Crippen molar-refractivity contribution in [3.05, 3.63) is 59.9 Å². The van der Waals surface area contributed by atoms with Crippen molar-refractivity contribution in [2.24, 2.45) is 5.92 Å². The van der Waals surface area contributed by atoms with Crippen molar-refractivity contribution in [2.45, 2.75) is 57.3 Å². The number of carbonyl (C=O) groups is 1. The van der Waals surface area contributed by atoms with Crippen LogP contribution in [0.25, 0.3) is 0 Å². The van der Waals surface area contributed by atoms with Crippen LogP contribution in [-0.2, 0) is 17.9 Å². The van der Waals surface area contributed by atoms with Crippen molar-refractivity contribution in [1.82, 2.24) is 9.88 Å². The van der Waals surface area contributed by atoms with E-state index in [-0.39, 0.29) is 6.04 Å². The van der Waals surface area contributed by atoms with Crippen LogP contribution in [0.2, 0.25) is 0 Å². The van der Waals surface area contributed by atoms with Crippen LogP contribution in [0.1, 0.15) is 43.4 Å². The number of hydrogen-bond acceptors (Lipinski definition) is 4.